The number of halogens is 1. The molecule has 4 rings (SSSR count). The summed E-state index contributed by atoms with van der Waals surface area (Å²) in [6.07, 6.45) is 4.89. The van der Waals surface area contributed by atoms with E-state index in [4.69, 9.17) is 4.74 Å². The molecule has 2 aromatic heterocycles. The number of nitrogens with one attached hydrogen (secondary N) is 1. The van der Waals surface area contributed by atoms with Crippen LogP contribution in [-0.4, -0.2) is 31.7 Å². The number of methoxy groups -OCH3 is 1. The molecule has 0 bridgehead atoms. The van der Waals surface area contributed by atoms with Crippen LogP contribution in [0.4, 0.5) is 4.39 Å². The van der Waals surface area contributed by atoms with Crippen LogP contribution in [0.15, 0.2) is 66.0 Å². The fourth-order valence-corrected chi connectivity index (χ4v) is 2.90. The van der Waals surface area contributed by atoms with Gasteiger partial charge in [-0.1, -0.05) is 12.1 Å². The van der Waals surface area contributed by atoms with E-state index >= 15 is 0 Å². The maximum absolute atomic E-state index is 13.3. The maximum atomic E-state index is 13.3. The normalized spacial score (nSPS) is 10.9. The summed E-state index contributed by atoms with van der Waals surface area (Å²) >= 11 is 0. The van der Waals surface area contributed by atoms with Crippen LogP contribution in [0, 0.1) is 5.82 Å². The van der Waals surface area contributed by atoms with Crippen molar-refractivity contribution in [1.82, 2.24) is 24.5 Å². The molecule has 1 N–H and O–H groups in total. The van der Waals surface area contributed by atoms with E-state index in [1.807, 2.05) is 6.07 Å². The lowest BCUT2D eigenvalue weighted by atomic mass is 10.1. The van der Waals surface area contributed by atoms with Crippen LogP contribution in [0.2, 0.25) is 0 Å². The highest BCUT2D eigenvalue weighted by Gasteiger charge is 2.12. The monoisotopic (exact) mass is 365 g/mol. The van der Waals surface area contributed by atoms with Crippen molar-refractivity contribution in [2.45, 2.75) is 6.54 Å². The Balaban J connectivity index is 1.68. The molecular weight excluding hydrogens is 349 g/mol. The summed E-state index contributed by atoms with van der Waals surface area (Å²) in [5.74, 6) is 0.257. The van der Waals surface area contributed by atoms with Crippen molar-refractivity contribution in [1.29, 1.82) is 0 Å². The van der Waals surface area contributed by atoms with E-state index in [1.54, 1.807) is 43.8 Å². The van der Waals surface area contributed by atoms with E-state index in [1.165, 1.54) is 27.7 Å². The topological polar surface area (TPSA) is 77.7 Å². The molecule has 0 unspecified atom stereocenters. The molecule has 8 heteroatoms. The van der Waals surface area contributed by atoms with E-state index in [2.05, 4.69) is 15.3 Å². The van der Waals surface area contributed by atoms with Gasteiger partial charge in [0.05, 0.1) is 25.5 Å². The predicted molar refractivity (Wildman–Crippen MR) is 97.5 cm³/mol. The third kappa shape index (κ3) is 3.24. The van der Waals surface area contributed by atoms with Crippen LogP contribution >= 0.6 is 0 Å². The number of aromatic amines is 1. The Morgan fingerprint density at radius 3 is 2.85 bits per heavy atom. The zero-order valence-electron chi connectivity index (χ0n) is 14.5. The highest BCUT2D eigenvalue weighted by molar-refractivity contribution is 5.70. The number of benzene rings is 2. The molecule has 0 saturated carbocycles. The quantitative estimate of drug-likeness (QED) is 0.590. The Kier molecular flexibility index (Phi) is 4.29. The summed E-state index contributed by atoms with van der Waals surface area (Å²) in [6.45, 7) is 0.237. The summed E-state index contributed by atoms with van der Waals surface area (Å²) in [4.78, 5) is 12.7. The summed E-state index contributed by atoms with van der Waals surface area (Å²) in [5.41, 5.74) is 2.66. The molecule has 0 radical (unpaired) electrons. The first-order chi connectivity index (χ1) is 13.2. The Morgan fingerprint density at radius 1 is 1.22 bits per heavy atom. The van der Waals surface area contributed by atoms with Crippen molar-refractivity contribution in [3.05, 3.63) is 83.1 Å². The van der Waals surface area contributed by atoms with Crippen LogP contribution in [0.3, 0.4) is 0 Å². The molecule has 0 atom stereocenters. The lowest BCUT2D eigenvalue weighted by Crippen LogP contribution is -2.24. The molecule has 0 saturated heterocycles. The second-order valence-electron chi connectivity index (χ2n) is 5.95. The number of ether oxygens (including phenoxy) is 1. The molecule has 136 valence electrons. The van der Waals surface area contributed by atoms with Gasteiger partial charge in [0.2, 0.25) is 0 Å². The van der Waals surface area contributed by atoms with Gasteiger partial charge < -0.3 is 4.74 Å². The van der Waals surface area contributed by atoms with Crippen molar-refractivity contribution >= 4 is 0 Å². The highest BCUT2D eigenvalue weighted by Crippen LogP contribution is 2.30. The number of H-pyrrole nitrogens is 1. The Labute approximate surface area is 153 Å². The highest BCUT2D eigenvalue weighted by atomic mass is 19.1. The molecule has 7 nitrogen and oxygen atoms in total. The zero-order chi connectivity index (χ0) is 18.8. The molecule has 0 fully saturated rings. The van der Waals surface area contributed by atoms with Gasteiger partial charge in [0.15, 0.2) is 0 Å². The van der Waals surface area contributed by atoms with Crippen molar-refractivity contribution < 1.29 is 9.13 Å². The van der Waals surface area contributed by atoms with Gasteiger partial charge in [-0.15, -0.1) is 0 Å². The van der Waals surface area contributed by atoms with Gasteiger partial charge in [-0.2, -0.15) is 14.9 Å². The summed E-state index contributed by atoms with van der Waals surface area (Å²) in [6, 6.07) is 11.5. The molecule has 0 aliphatic rings. The van der Waals surface area contributed by atoms with Crippen LogP contribution in [0.5, 0.6) is 5.75 Å². The zero-order valence-corrected chi connectivity index (χ0v) is 14.5. The van der Waals surface area contributed by atoms with Crippen LogP contribution in [0.1, 0.15) is 5.56 Å². The van der Waals surface area contributed by atoms with E-state index in [9.17, 15) is 9.18 Å². The molecule has 0 aliphatic heterocycles. The van der Waals surface area contributed by atoms with Gasteiger partial charge in [0.25, 0.3) is 0 Å². The largest absolute Gasteiger partial charge is 0.496 e. The van der Waals surface area contributed by atoms with Gasteiger partial charge >= 0.3 is 5.69 Å². The minimum absolute atomic E-state index is 0.237. The molecule has 4 aromatic rings. The number of hydrogen-bond donors (Lipinski definition) is 1. The Hall–Kier alpha value is -3.68. The predicted octanol–water partition coefficient (Wildman–Crippen LogP) is 2.62. The molecule has 27 heavy (non-hydrogen) atoms. The molecular formula is C19H16FN5O2. The third-order valence-electron chi connectivity index (χ3n) is 4.21. The fraction of sp³-hybridized carbons (Fsp3) is 0.105. The summed E-state index contributed by atoms with van der Waals surface area (Å²) in [7, 11) is 1.56. The van der Waals surface area contributed by atoms with Gasteiger partial charge in [0.1, 0.15) is 17.9 Å². The maximum Gasteiger partial charge on any atom is 0.350 e. The van der Waals surface area contributed by atoms with Crippen molar-refractivity contribution in [2.75, 3.05) is 7.11 Å². The van der Waals surface area contributed by atoms with Gasteiger partial charge in [-0.3, -0.25) is 9.67 Å². The van der Waals surface area contributed by atoms with E-state index in [0.717, 1.165) is 11.1 Å². The Bertz CT molecular complexity index is 1130. The number of nitrogens with zero attached hydrogens (tertiary/aromatic N) is 4. The minimum Gasteiger partial charge on any atom is -0.496 e. The lowest BCUT2D eigenvalue weighted by Gasteiger charge is -2.09. The second kappa shape index (κ2) is 6.91. The van der Waals surface area contributed by atoms with E-state index in [-0.39, 0.29) is 18.1 Å². The van der Waals surface area contributed by atoms with Crippen molar-refractivity contribution in [2.24, 2.45) is 0 Å². The van der Waals surface area contributed by atoms with E-state index in [0.29, 0.717) is 17.0 Å². The molecule has 0 amide bonds. The first-order valence-corrected chi connectivity index (χ1v) is 8.22. The lowest BCUT2D eigenvalue weighted by molar-refractivity contribution is 0.416. The Morgan fingerprint density at radius 2 is 2.11 bits per heavy atom. The SMILES string of the molecule is COc1cc(-n2ncn(Cc3cccc(F)c3)c2=O)ccc1-c1cn[nH]c1. The molecule has 2 aromatic carbocycles. The van der Waals surface area contributed by atoms with Gasteiger partial charge in [0, 0.05) is 23.4 Å². The summed E-state index contributed by atoms with van der Waals surface area (Å²) in [5, 5.41) is 10.9. The first-order valence-electron chi connectivity index (χ1n) is 8.22. The first kappa shape index (κ1) is 16.8. The number of rotatable bonds is 5. The van der Waals surface area contributed by atoms with Crippen molar-refractivity contribution in [3.63, 3.8) is 0 Å². The average Bonchev–Trinajstić information content (AvgIpc) is 3.32. The van der Waals surface area contributed by atoms with Crippen LogP contribution in [-0.2, 0) is 6.54 Å². The third-order valence-corrected chi connectivity index (χ3v) is 4.21. The average molecular weight is 365 g/mol. The number of aromatic nitrogens is 5. The smallest absolute Gasteiger partial charge is 0.350 e. The fourth-order valence-electron chi connectivity index (χ4n) is 2.90. The molecule has 0 aliphatic carbocycles. The van der Waals surface area contributed by atoms with E-state index < -0.39 is 0 Å². The molecule has 2 heterocycles. The molecule has 0 spiro atoms. The second-order valence-corrected chi connectivity index (χ2v) is 5.95. The standard InChI is InChI=1S/C19H16FN5O2/c1-27-18-8-16(5-6-17(18)14-9-21-22-10-14)25-19(26)24(12-23-25)11-13-3-2-4-15(20)7-13/h2-10,12H,11H2,1H3,(H,21,22). The minimum atomic E-state index is -0.340. The number of hydrogen-bond acceptors (Lipinski definition) is 4. The van der Waals surface area contributed by atoms with Crippen LogP contribution < -0.4 is 10.4 Å². The van der Waals surface area contributed by atoms with Crippen LogP contribution in [0.25, 0.3) is 16.8 Å². The summed E-state index contributed by atoms with van der Waals surface area (Å²) < 4.78 is 21.5. The van der Waals surface area contributed by atoms with Gasteiger partial charge in [-0.25, -0.2) is 9.18 Å². The van der Waals surface area contributed by atoms with Gasteiger partial charge in [-0.05, 0) is 29.8 Å². The van der Waals surface area contributed by atoms with Crippen molar-refractivity contribution in [3.8, 4) is 22.6 Å².